The van der Waals surface area contributed by atoms with Gasteiger partial charge in [0, 0.05) is 33.0 Å². The molecule has 1 aliphatic rings. The SMILES string of the molecule is COC(C)CN(C)C(=O)C(CCC(=O)O)NC(=O)OCC1c2ccccc2-c2ccccc21. The Hall–Kier alpha value is -3.39. The minimum atomic E-state index is -1.05. The Balaban J connectivity index is 1.66. The molecule has 2 N–H and O–H groups in total. The van der Waals surface area contributed by atoms with Crippen LogP contribution in [0, 0.1) is 0 Å². The van der Waals surface area contributed by atoms with Crippen molar-refractivity contribution >= 4 is 18.0 Å². The summed E-state index contributed by atoms with van der Waals surface area (Å²) in [4.78, 5) is 37.9. The number of carboxylic acids is 1. The molecule has 0 fully saturated rings. The van der Waals surface area contributed by atoms with E-state index >= 15 is 0 Å². The third kappa shape index (κ3) is 5.90. The number of fused-ring (bicyclic) bond motifs is 3. The number of nitrogens with zero attached hydrogens (tertiary/aromatic N) is 1. The summed E-state index contributed by atoms with van der Waals surface area (Å²) in [7, 11) is 3.13. The summed E-state index contributed by atoms with van der Waals surface area (Å²) in [5.74, 6) is -1.55. The first-order valence-electron chi connectivity index (χ1n) is 10.9. The highest BCUT2D eigenvalue weighted by atomic mass is 16.5. The molecule has 8 heteroatoms. The predicted molar refractivity (Wildman–Crippen MR) is 123 cm³/mol. The van der Waals surface area contributed by atoms with Crippen LogP contribution in [-0.4, -0.2) is 67.4 Å². The maximum atomic E-state index is 12.8. The average molecular weight is 455 g/mol. The molecular weight excluding hydrogens is 424 g/mol. The molecule has 0 radical (unpaired) electrons. The molecule has 2 aromatic rings. The predicted octanol–water partition coefficient (Wildman–Crippen LogP) is 3.25. The zero-order chi connectivity index (χ0) is 24.0. The second-order valence-corrected chi connectivity index (χ2v) is 8.22. The summed E-state index contributed by atoms with van der Waals surface area (Å²) in [5.41, 5.74) is 4.40. The van der Waals surface area contributed by atoms with Crippen molar-refractivity contribution in [3.8, 4) is 11.1 Å². The van der Waals surface area contributed by atoms with E-state index in [9.17, 15) is 14.4 Å². The minimum absolute atomic E-state index is 0.0376. The van der Waals surface area contributed by atoms with Gasteiger partial charge < -0.3 is 24.8 Å². The number of aliphatic carboxylic acids is 1. The number of benzene rings is 2. The number of methoxy groups -OCH3 is 1. The number of amides is 2. The molecule has 33 heavy (non-hydrogen) atoms. The topological polar surface area (TPSA) is 105 Å². The van der Waals surface area contributed by atoms with Gasteiger partial charge in [0.1, 0.15) is 12.6 Å². The molecular formula is C25H30N2O6. The summed E-state index contributed by atoms with van der Waals surface area (Å²) in [6.07, 6.45) is -1.25. The van der Waals surface area contributed by atoms with Crippen LogP contribution in [0.25, 0.3) is 11.1 Å². The number of nitrogens with one attached hydrogen (secondary N) is 1. The highest BCUT2D eigenvalue weighted by molar-refractivity contribution is 5.86. The molecule has 2 atom stereocenters. The minimum Gasteiger partial charge on any atom is -0.481 e. The van der Waals surface area contributed by atoms with Gasteiger partial charge >= 0.3 is 12.1 Å². The van der Waals surface area contributed by atoms with E-state index in [2.05, 4.69) is 5.32 Å². The van der Waals surface area contributed by atoms with Gasteiger partial charge in [0.15, 0.2) is 0 Å². The fourth-order valence-corrected chi connectivity index (χ4v) is 4.12. The number of carbonyl (C=O) groups excluding carboxylic acids is 2. The van der Waals surface area contributed by atoms with Crippen LogP contribution in [0.3, 0.4) is 0 Å². The average Bonchev–Trinajstić information content (AvgIpc) is 3.13. The number of carbonyl (C=O) groups is 3. The lowest BCUT2D eigenvalue weighted by Gasteiger charge is -2.26. The van der Waals surface area contributed by atoms with E-state index in [1.54, 1.807) is 14.2 Å². The lowest BCUT2D eigenvalue weighted by molar-refractivity contribution is -0.138. The van der Waals surface area contributed by atoms with Gasteiger partial charge in [0.25, 0.3) is 0 Å². The summed E-state index contributed by atoms with van der Waals surface area (Å²) >= 11 is 0. The first kappa shape index (κ1) is 24.3. The molecule has 0 spiro atoms. The molecule has 2 amide bonds. The zero-order valence-corrected chi connectivity index (χ0v) is 19.1. The number of likely N-dealkylation sites (N-methyl/N-ethyl adjacent to an activating group) is 1. The van der Waals surface area contributed by atoms with E-state index in [-0.39, 0.29) is 31.5 Å². The van der Waals surface area contributed by atoms with E-state index in [4.69, 9.17) is 14.6 Å². The van der Waals surface area contributed by atoms with E-state index in [0.717, 1.165) is 22.3 Å². The Bertz CT molecular complexity index is 962. The van der Waals surface area contributed by atoms with Gasteiger partial charge in [0.2, 0.25) is 5.91 Å². The van der Waals surface area contributed by atoms with E-state index < -0.39 is 24.0 Å². The van der Waals surface area contributed by atoms with Crippen LogP contribution >= 0.6 is 0 Å². The molecule has 1 aliphatic carbocycles. The molecule has 3 rings (SSSR count). The van der Waals surface area contributed by atoms with Crippen LogP contribution < -0.4 is 5.32 Å². The molecule has 2 aromatic carbocycles. The van der Waals surface area contributed by atoms with Crippen LogP contribution in [0.4, 0.5) is 4.79 Å². The molecule has 0 aliphatic heterocycles. The molecule has 2 unspecified atom stereocenters. The van der Waals surface area contributed by atoms with Crippen molar-refractivity contribution in [1.29, 1.82) is 0 Å². The van der Waals surface area contributed by atoms with E-state index in [0.29, 0.717) is 6.54 Å². The Morgan fingerprint density at radius 2 is 1.64 bits per heavy atom. The third-order valence-electron chi connectivity index (χ3n) is 5.89. The molecule has 0 bridgehead atoms. The monoisotopic (exact) mass is 454 g/mol. The Morgan fingerprint density at radius 1 is 1.06 bits per heavy atom. The van der Waals surface area contributed by atoms with Crippen molar-refractivity contribution in [2.75, 3.05) is 27.3 Å². The van der Waals surface area contributed by atoms with Crippen molar-refractivity contribution in [3.63, 3.8) is 0 Å². The first-order chi connectivity index (χ1) is 15.8. The lowest BCUT2D eigenvalue weighted by atomic mass is 9.98. The number of ether oxygens (including phenoxy) is 2. The van der Waals surface area contributed by atoms with Gasteiger partial charge in [-0.1, -0.05) is 48.5 Å². The zero-order valence-electron chi connectivity index (χ0n) is 19.1. The summed E-state index contributed by atoms with van der Waals surface area (Å²) in [6.45, 7) is 2.23. The van der Waals surface area contributed by atoms with Crippen LogP contribution in [0.15, 0.2) is 48.5 Å². The standard InChI is InChI=1S/C25H30N2O6/c1-16(32-3)14-27(2)24(30)22(12-13-23(28)29)26-25(31)33-15-21-19-10-6-4-8-17(19)18-9-5-7-11-20(18)21/h4-11,16,21-22H,12-15H2,1-3H3,(H,26,31)(H,28,29). The molecule has 8 nitrogen and oxygen atoms in total. The summed E-state index contributed by atoms with van der Waals surface area (Å²) in [5, 5.41) is 11.6. The van der Waals surface area contributed by atoms with Crippen LogP contribution in [0.1, 0.15) is 36.8 Å². The fraction of sp³-hybridized carbons (Fsp3) is 0.400. The second-order valence-electron chi connectivity index (χ2n) is 8.22. The van der Waals surface area contributed by atoms with Gasteiger partial charge in [0.05, 0.1) is 6.10 Å². The first-order valence-corrected chi connectivity index (χ1v) is 10.9. The van der Waals surface area contributed by atoms with Gasteiger partial charge in [-0.3, -0.25) is 9.59 Å². The normalized spacial score (nSPS) is 14.0. The lowest BCUT2D eigenvalue weighted by Crippen LogP contribution is -2.49. The number of carboxylic acid groups (broad SMARTS) is 1. The maximum absolute atomic E-state index is 12.8. The van der Waals surface area contributed by atoms with Crippen molar-refractivity contribution in [1.82, 2.24) is 10.2 Å². The van der Waals surface area contributed by atoms with Gasteiger partial charge in [-0.25, -0.2) is 4.79 Å². The number of hydrogen-bond acceptors (Lipinski definition) is 5. The Kier molecular flexibility index (Phi) is 8.06. The largest absolute Gasteiger partial charge is 0.481 e. The second kappa shape index (κ2) is 11.0. The number of alkyl carbamates (subject to hydrolysis) is 1. The Morgan fingerprint density at radius 3 is 2.18 bits per heavy atom. The highest BCUT2D eigenvalue weighted by Crippen LogP contribution is 2.44. The molecule has 0 aromatic heterocycles. The third-order valence-corrected chi connectivity index (χ3v) is 5.89. The molecule has 0 heterocycles. The van der Waals surface area contributed by atoms with E-state index in [1.807, 2.05) is 55.5 Å². The molecule has 176 valence electrons. The van der Waals surface area contributed by atoms with Crippen LogP contribution in [0.5, 0.6) is 0 Å². The van der Waals surface area contributed by atoms with Gasteiger partial charge in [-0.15, -0.1) is 0 Å². The van der Waals surface area contributed by atoms with Crippen molar-refractivity contribution in [2.24, 2.45) is 0 Å². The van der Waals surface area contributed by atoms with Gasteiger partial charge in [-0.2, -0.15) is 0 Å². The summed E-state index contributed by atoms with van der Waals surface area (Å²) < 4.78 is 10.7. The van der Waals surface area contributed by atoms with Crippen molar-refractivity contribution < 1.29 is 29.0 Å². The van der Waals surface area contributed by atoms with Crippen LogP contribution in [0.2, 0.25) is 0 Å². The van der Waals surface area contributed by atoms with Crippen LogP contribution in [-0.2, 0) is 19.1 Å². The van der Waals surface area contributed by atoms with Crippen molar-refractivity contribution in [3.05, 3.63) is 59.7 Å². The fourth-order valence-electron chi connectivity index (χ4n) is 4.12. The smallest absolute Gasteiger partial charge is 0.407 e. The van der Waals surface area contributed by atoms with Gasteiger partial charge in [-0.05, 0) is 35.6 Å². The quantitative estimate of drug-likeness (QED) is 0.571. The number of rotatable bonds is 10. The molecule has 0 saturated heterocycles. The highest BCUT2D eigenvalue weighted by Gasteiger charge is 2.30. The summed E-state index contributed by atoms with van der Waals surface area (Å²) in [6, 6.07) is 15.0. The Labute approximate surface area is 193 Å². The number of hydrogen-bond donors (Lipinski definition) is 2. The van der Waals surface area contributed by atoms with E-state index in [1.165, 1.54) is 4.90 Å². The molecule has 0 saturated carbocycles. The maximum Gasteiger partial charge on any atom is 0.407 e. The van der Waals surface area contributed by atoms with Crippen molar-refractivity contribution in [2.45, 2.75) is 37.8 Å².